The number of nitrogen functional groups attached to an aromatic ring is 1. The van der Waals surface area contributed by atoms with Gasteiger partial charge in [-0.3, -0.25) is 9.13 Å². The molecule has 5 heteroatoms. The highest BCUT2D eigenvalue weighted by atomic mass is 16.5. The molecule has 0 atom stereocenters. The highest BCUT2D eigenvalue weighted by Crippen LogP contribution is 2.19. The van der Waals surface area contributed by atoms with Crippen LogP contribution in [0.5, 0.6) is 5.75 Å². The fraction of sp³-hybridized carbons (Fsp3) is 0.357. The van der Waals surface area contributed by atoms with Gasteiger partial charge in [-0.1, -0.05) is 19.1 Å². The molecule has 0 spiro atoms. The second kappa shape index (κ2) is 6.13. The number of benzene rings is 1. The average Bonchev–Trinajstić information content (AvgIpc) is 2.74. The minimum atomic E-state index is 0.00600. The number of nitrogens with zero attached hydrogens (tertiary/aromatic N) is 2. The van der Waals surface area contributed by atoms with Gasteiger partial charge in [0.2, 0.25) is 0 Å². The molecule has 19 heavy (non-hydrogen) atoms. The SMILES string of the molecule is CCCn1ccn(CCOc2ccccc2N)c1=O. The highest BCUT2D eigenvalue weighted by molar-refractivity contribution is 5.51. The normalized spacial score (nSPS) is 10.6. The monoisotopic (exact) mass is 261 g/mol. The summed E-state index contributed by atoms with van der Waals surface area (Å²) in [4.78, 5) is 11.9. The van der Waals surface area contributed by atoms with Crippen molar-refractivity contribution in [2.45, 2.75) is 26.4 Å². The van der Waals surface area contributed by atoms with Gasteiger partial charge >= 0.3 is 5.69 Å². The van der Waals surface area contributed by atoms with Gasteiger partial charge in [-0.25, -0.2) is 4.79 Å². The fourth-order valence-corrected chi connectivity index (χ4v) is 1.90. The van der Waals surface area contributed by atoms with Gasteiger partial charge in [0.05, 0.1) is 12.2 Å². The van der Waals surface area contributed by atoms with E-state index in [2.05, 4.69) is 0 Å². The summed E-state index contributed by atoms with van der Waals surface area (Å²) < 4.78 is 8.92. The number of aryl methyl sites for hydroxylation is 1. The first-order chi connectivity index (χ1) is 9.22. The Balaban J connectivity index is 1.93. The van der Waals surface area contributed by atoms with E-state index >= 15 is 0 Å². The smallest absolute Gasteiger partial charge is 0.328 e. The number of anilines is 1. The largest absolute Gasteiger partial charge is 0.490 e. The number of para-hydroxylation sites is 2. The van der Waals surface area contributed by atoms with E-state index in [1.54, 1.807) is 21.4 Å². The van der Waals surface area contributed by atoms with Crippen LogP contribution in [0.15, 0.2) is 41.5 Å². The lowest BCUT2D eigenvalue weighted by atomic mass is 10.3. The van der Waals surface area contributed by atoms with Crippen molar-refractivity contribution in [1.82, 2.24) is 9.13 Å². The Morgan fingerprint density at radius 3 is 2.53 bits per heavy atom. The minimum Gasteiger partial charge on any atom is -0.490 e. The zero-order valence-electron chi connectivity index (χ0n) is 11.1. The zero-order chi connectivity index (χ0) is 13.7. The van der Waals surface area contributed by atoms with Crippen molar-refractivity contribution in [2.24, 2.45) is 0 Å². The molecule has 0 radical (unpaired) electrons. The summed E-state index contributed by atoms with van der Waals surface area (Å²) in [6.07, 6.45) is 4.54. The van der Waals surface area contributed by atoms with E-state index in [0.29, 0.717) is 24.6 Å². The summed E-state index contributed by atoms with van der Waals surface area (Å²) in [7, 11) is 0. The topological polar surface area (TPSA) is 62.2 Å². The maximum Gasteiger partial charge on any atom is 0.328 e. The van der Waals surface area contributed by atoms with Crippen LogP contribution >= 0.6 is 0 Å². The van der Waals surface area contributed by atoms with Crippen molar-refractivity contribution in [3.05, 3.63) is 47.1 Å². The van der Waals surface area contributed by atoms with E-state index in [0.717, 1.165) is 13.0 Å². The highest BCUT2D eigenvalue weighted by Gasteiger charge is 2.03. The summed E-state index contributed by atoms with van der Waals surface area (Å²) >= 11 is 0. The van der Waals surface area contributed by atoms with Crippen molar-refractivity contribution >= 4 is 5.69 Å². The van der Waals surface area contributed by atoms with Gasteiger partial charge in [0.1, 0.15) is 12.4 Å². The first kappa shape index (κ1) is 13.3. The third-order valence-electron chi connectivity index (χ3n) is 2.89. The molecule has 0 amide bonds. The summed E-state index contributed by atoms with van der Waals surface area (Å²) in [5, 5.41) is 0. The predicted molar refractivity (Wildman–Crippen MR) is 75.3 cm³/mol. The maximum atomic E-state index is 11.9. The van der Waals surface area contributed by atoms with Crippen LogP contribution < -0.4 is 16.2 Å². The Hall–Kier alpha value is -2.17. The van der Waals surface area contributed by atoms with Crippen LogP contribution in [0.25, 0.3) is 0 Å². The molecule has 1 aromatic carbocycles. The van der Waals surface area contributed by atoms with Crippen LogP contribution in [0.2, 0.25) is 0 Å². The number of rotatable bonds is 6. The Bertz CT molecular complexity index is 586. The fourth-order valence-electron chi connectivity index (χ4n) is 1.90. The Labute approximate surface area is 112 Å². The van der Waals surface area contributed by atoms with Crippen LogP contribution in [0, 0.1) is 0 Å². The van der Waals surface area contributed by atoms with Crippen LogP contribution in [0.3, 0.4) is 0 Å². The molecular weight excluding hydrogens is 242 g/mol. The van der Waals surface area contributed by atoms with Crippen LogP contribution in [0.1, 0.15) is 13.3 Å². The molecule has 0 aliphatic heterocycles. The maximum absolute atomic E-state index is 11.9. The molecule has 2 aromatic rings. The lowest BCUT2D eigenvalue weighted by molar-refractivity contribution is 0.297. The molecule has 0 aliphatic carbocycles. The standard InChI is InChI=1S/C14H19N3O2/c1-2-7-16-8-9-17(14(16)18)10-11-19-13-6-4-3-5-12(13)15/h3-6,8-9H,2,7,10-11,15H2,1H3. The van der Waals surface area contributed by atoms with Crippen molar-refractivity contribution in [3.63, 3.8) is 0 Å². The number of nitrogens with two attached hydrogens (primary N) is 1. The average molecular weight is 261 g/mol. The number of ether oxygens (including phenoxy) is 1. The third-order valence-corrected chi connectivity index (χ3v) is 2.89. The number of hydrogen-bond acceptors (Lipinski definition) is 3. The molecule has 0 saturated heterocycles. The van der Waals surface area contributed by atoms with E-state index in [-0.39, 0.29) is 5.69 Å². The molecule has 0 unspecified atom stereocenters. The lowest BCUT2D eigenvalue weighted by Crippen LogP contribution is -2.26. The van der Waals surface area contributed by atoms with Gasteiger partial charge in [-0.05, 0) is 18.6 Å². The number of hydrogen-bond donors (Lipinski definition) is 1. The second-order valence-electron chi connectivity index (χ2n) is 4.35. The molecule has 2 rings (SSSR count). The van der Waals surface area contributed by atoms with Crippen molar-refractivity contribution < 1.29 is 4.74 Å². The molecule has 5 nitrogen and oxygen atoms in total. The van der Waals surface area contributed by atoms with Crippen molar-refractivity contribution in [2.75, 3.05) is 12.3 Å². The first-order valence-electron chi connectivity index (χ1n) is 6.45. The third kappa shape index (κ3) is 3.19. The zero-order valence-corrected chi connectivity index (χ0v) is 11.1. The van der Waals surface area contributed by atoms with Gasteiger partial charge in [0.15, 0.2) is 0 Å². The quantitative estimate of drug-likeness (QED) is 0.805. The lowest BCUT2D eigenvalue weighted by Gasteiger charge is -2.08. The van der Waals surface area contributed by atoms with E-state index in [1.165, 1.54) is 0 Å². The molecule has 0 fully saturated rings. The van der Waals surface area contributed by atoms with Crippen LogP contribution in [-0.4, -0.2) is 15.7 Å². The summed E-state index contributed by atoms with van der Waals surface area (Å²) in [6, 6.07) is 7.34. The van der Waals surface area contributed by atoms with Gasteiger partial charge in [0.25, 0.3) is 0 Å². The Kier molecular flexibility index (Phi) is 4.28. The van der Waals surface area contributed by atoms with E-state index in [9.17, 15) is 4.79 Å². The summed E-state index contributed by atoms with van der Waals surface area (Å²) in [5.74, 6) is 0.656. The number of imidazole rings is 1. The Morgan fingerprint density at radius 2 is 1.84 bits per heavy atom. The molecule has 2 N–H and O–H groups in total. The van der Waals surface area contributed by atoms with Crippen LogP contribution in [-0.2, 0) is 13.1 Å². The Morgan fingerprint density at radius 1 is 1.16 bits per heavy atom. The van der Waals surface area contributed by atoms with Gasteiger partial charge in [-0.15, -0.1) is 0 Å². The second-order valence-corrected chi connectivity index (χ2v) is 4.35. The summed E-state index contributed by atoms with van der Waals surface area (Å²) in [6.45, 7) is 3.73. The summed E-state index contributed by atoms with van der Waals surface area (Å²) in [5.41, 5.74) is 6.39. The van der Waals surface area contributed by atoms with E-state index < -0.39 is 0 Å². The molecule has 1 aromatic heterocycles. The van der Waals surface area contributed by atoms with Gasteiger partial charge in [0, 0.05) is 18.9 Å². The predicted octanol–water partition coefficient (Wildman–Crippen LogP) is 1.72. The van der Waals surface area contributed by atoms with Gasteiger partial charge in [-0.2, -0.15) is 0 Å². The number of aromatic nitrogens is 2. The molecular formula is C14H19N3O2. The van der Waals surface area contributed by atoms with E-state index in [1.807, 2.05) is 31.3 Å². The van der Waals surface area contributed by atoms with E-state index in [4.69, 9.17) is 10.5 Å². The van der Waals surface area contributed by atoms with Crippen molar-refractivity contribution in [1.29, 1.82) is 0 Å². The van der Waals surface area contributed by atoms with Crippen molar-refractivity contribution in [3.8, 4) is 5.75 Å². The molecule has 0 aliphatic rings. The van der Waals surface area contributed by atoms with Gasteiger partial charge < -0.3 is 10.5 Å². The van der Waals surface area contributed by atoms with Crippen LogP contribution in [0.4, 0.5) is 5.69 Å². The molecule has 1 heterocycles. The molecule has 0 saturated carbocycles. The first-order valence-corrected chi connectivity index (χ1v) is 6.45. The minimum absolute atomic E-state index is 0.00600. The molecule has 102 valence electrons. The molecule has 0 bridgehead atoms.